The van der Waals surface area contributed by atoms with Crippen LogP contribution in [0.25, 0.3) is 10.2 Å². The predicted molar refractivity (Wildman–Crippen MR) is 125 cm³/mol. The Balaban J connectivity index is 1.31. The second-order valence-electron chi connectivity index (χ2n) is 6.65. The van der Waals surface area contributed by atoms with Crippen LogP contribution in [-0.2, 0) is 14.6 Å². The Bertz CT molecular complexity index is 1280. The fourth-order valence-electron chi connectivity index (χ4n) is 2.73. The van der Waals surface area contributed by atoms with Crippen molar-refractivity contribution >= 4 is 54.7 Å². The molecule has 1 N–H and O–H groups in total. The zero-order valence-corrected chi connectivity index (χ0v) is 18.9. The lowest BCUT2D eigenvalue weighted by molar-refractivity contribution is -0.113. The summed E-state index contributed by atoms with van der Waals surface area (Å²) in [6.45, 7) is 0. The van der Waals surface area contributed by atoms with E-state index in [1.807, 2.05) is 24.3 Å². The average Bonchev–Trinajstić information content (AvgIpc) is 3.17. The summed E-state index contributed by atoms with van der Waals surface area (Å²) in [6.07, 6.45) is 1.16. The number of rotatable bonds is 7. The van der Waals surface area contributed by atoms with E-state index in [2.05, 4.69) is 10.3 Å². The van der Waals surface area contributed by atoms with Crippen LogP contribution in [0.2, 0.25) is 0 Å². The standard InChI is InChI=1S/C22H18N2O4S3/c1-31(26,27)18-12-10-17(11-13-18)28-16-8-6-15(7-9-16)23-21(25)14-29-22-24-19-4-2-3-5-20(19)30-22/h2-13H,14H2,1H3,(H,23,25). The third-order valence-corrected chi connectivity index (χ3v) is 7.53. The lowest BCUT2D eigenvalue weighted by atomic mass is 10.3. The van der Waals surface area contributed by atoms with Crippen LogP contribution < -0.4 is 10.1 Å². The average molecular weight is 471 g/mol. The van der Waals surface area contributed by atoms with Gasteiger partial charge in [0, 0.05) is 11.9 Å². The minimum atomic E-state index is -3.24. The highest BCUT2D eigenvalue weighted by molar-refractivity contribution is 8.01. The minimum Gasteiger partial charge on any atom is -0.457 e. The highest BCUT2D eigenvalue weighted by atomic mass is 32.2. The number of carbonyl (C=O) groups is 1. The van der Waals surface area contributed by atoms with Gasteiger partial charge in [-0.15, -0.1) is 11.3 Å². The Morgan fingerprint density at radius 3 is 2.29 bits per heavy atom. The summed E-state index contributed by atoms with van der Waals surface area (Å²) in [5.74, 6) is 1.25. The smallest absolute Gasteiger partial charge is 0.234 e. The summed E-state index contributed by atoms with van der Waals surface area (Å²) in [5, 5.41) is 2.86. The number of amides is 1. The Morgan fingerprint density at radius 1 is 1.00 bits per heavy atom. The first-order chi connectivity index (χ1) is 14.9. The molecule has 1 aromatic heterocycles. The van der Waals surface area contributed by atoms with E-state index in [4.69, 9.17) is 4.74 Å². The highest BCUT2D eigenvalue weighted by Gasteiger charge is 2.09. The van der Waals surface area contributed by atoms with Crippen LogP contribution in [0.4, 0.5) is 5.69 Å². The van der Waals surface area contributed by atoms with Crippen molar-refractivity contribution in [3.63, 3.8) is 0 Å². The molecule has 0 atom stereocenters. The van der Waals surface area contributed by atoms with Crippen molar-refractivity contribution in [2.75, 3.05) is 17.3 Å². The number of carbonyl (C=O) groups excluding carboxylic acids is 1. The van der Waals surface area contributed by atoms with Crippen LogP contribution in [0.5, 0.6) is 11.5 Å². The fourth-order valence-corrected chi connectivity index (χ4v) is 5.23. The molecule has 4 rings (SSSR count). The zero-order chi connectivity index (χ0) is 21.8. The summed E-state index contributed by atoms with van der Waals surface area (Å²) >= 11 is 2.98. The number of thiazole rings is 1. The van der Waals surface area contributed by atoms with Gasteiger partial charge in [0.1, 0.15) is 11.5 Å². The monoisotopic (exact) mass is 470 g/mol. The molecule has 0 aliphatic carbocycles. The van der Waals surface area contributed by atoms with Gasteiger partial charge in [-0.1, -0.05) is 23.9 Å². The number of hydrogen-bond acceptors (Lipinski definition) is 7. The van der Waals surface area contributed by atoms with E-state index < -0.39 is 9.84 Å². The van der Waals surface area contributed by atoms with Gasteiger partial charge in [-0.3, -0.25) is 4.79 Å². The van der Waals surface area contributed by atoms with E-state index in [1.165, 1.54) is 23.9 Å². The predicted octanol–water partition coefficient (Wildman–Crippen LogP) is 5.22. The maximum absolute atomic E-state index is 12.3. The van der Waals surface area contributed by atoms with Gasteiger partial charge in [-0.2, -0.15) is 0 Å². The Morgan fingerprint density at radius 2 is 1.65 bits per heavy atom. The summed E-state index contributed by atoms with van der Waals surface area (Å²) in [4.78, 5) is 17.0. The third-order valence-electron chi connectivity index (χ3n) is 4.23. The second kappa shape index (κ2) is 9.09. The number of sulfone groups is 1. The lowest BCUT2D eigenvalue weighted by Gasteiger charge is -2.08. The van der Waals surface area contributed by atoms with Gasteiger partial charge in [0.05, 0.1) is 20.9 Å². The van der Waals surface area contributed by atoms with E-state index in [1.54, 1.807) is 47.7 Å². The quantitative estimate of drug-likeness (QED) is 0.373. The molecule has 31 heavy (non-hydrogen) atoms. The van der Waals surface area contributed by atoms with Gasteiger partial charge in [-0.05, 0) is 60.7 Å². The number of ether oxygens (including phenoxy) is 1. The molecule has 0 fully saturated rings. The second-order valence-corrected chi connectivity index (χ2v) is 10.9. The fraction of sp³-hybridized carbons (Fsp3) is 0.0909. The van der Waals surface area contributed by atoms with Gasteiger partial charge < -0.3 is 10.1 Å². The first kappa shape index (κ1) is 21.4. The maximum atomic E-state index is 12.3. The molecule has 1 heterocycles. The molecule has 0 bridgehead atoms. The Labute approximate surface area is 188 Å². The van der Waals surface area contributed by atoms with Crippen LogP contribution in [0, 0.1) is 0 Å². The molecule has 0 aliphatic rings. The molecule has 0 unspecified atom stereocenters. The van der Waals surface area contributed by atoms with E-state index in [0.29, 0.717) is 17.2 Å². The Kier molecular flexibility index (Phi) is 6.26. The molecule has 3 aromatic carbocycles. The summed E-state index contributed by atoms with van der Waals surface area (Å²) in [5.41, 5.74) is 1.60. The van der Waals surface area contributed by atoms with Crippen LogP contribution in [-0.4, -0.2) is 31.3 Å². The minimum absolute atomic E-state index is 0.116. The van der Waals surface area contributed by atoms with Crippen molar-refractivity contribution in [1.82, 2.24) is 4.98 Å². The summed E-state index contributed by atoms with van der Waals surface area (Å²) < 4.78 is 30.7. The van der Waals surface area contributed by atoms with Gasteiger partial charge in [-0.25, -0.2) is 13.4 Å². The molecular weight excluding hydrogens is 452 g/mol. The normalized spacial score (nSPS) is 11.4. The number of nitrogens with one attached hydrogen (secondary N) is 1. The number of aromatic nitrogens is 1. The van der Waals surface area contributed by atoms with Gasteiger partial charge in [0.2, 0.25) is 5.91 Å². The van der Waals surface area contributed by atoms with Crippen molar-refractivity contribution in [3.05, 3.63) is 72.8 Å². The van der Waals surface area contributed by atoms with E-state index >= 15 is 0 Å². The van der Waals surface area contributed by atoms with Crippen LogP contribution in [0.1, 0.15) is 0 Å². The largest absolute Gasteiger partial charge is 0.457 e. The molecule has 0 spiro atoms. The number of para-hydroxylation sites is 1. The Hall–Kier alpha value is -2.88. The van der Waals surface area contributed by atoms with Crippen LogP contribution >= 0.6 is 23.1 Å². The van der Waals surface area contributed by atoms with Crippen LogP contribution in [0.3, 0.4) is 0 Å². The van der Waals surface area contributed by atoms with E-state index in [-0.39, 0.29) is 16.6 Å². The summed E-state index contributed by atoms with van der Waals surface area (Å²) in [7, 11) is -3.24. The number of anilines is 1. The van der Waals surface area contributed by atoms with Crippen molar-refractivity contribution in [3.8, 4) is 11.5 Å². The van der Waals surface area contributed by atoms with Crippen LogP contribution in [0.15, 0.2) is 82.0 Å². The molecule has 9 heteroatoms. The molecule has 0 saturated carbocycles. The van der Waals surface area contributed by atoms with Crippen molar-refractivity contribution in [2.24, 2.45) is 0 Å². The number of fused-ring (bicyclic) bond motifs is 1. The number of nitrogens with zero attached hydrogens (tertiary/aromatic N) is 1. The third kappa shape index (κ3) is 5.63. The molecule has 158 valence electrons. The molecular formula is C22H18N2O4S3. The molecule has 0 radical (unpaired) electrons. The molecule has 0 aliphatic heterocycles. The molecule has 0 saturated heterocycles. The molecule has 1 amide bonds. The highest BCUT2D eigenvalue weighted by Crippen LogP contribution is 2.29. The SMILES string of the molecule is CS(=O)(=O)c1ccc(Oc2ccc(NC(=O)CSc3nc4ccccc4s3)cc2)cc1. The van der Waals surface area contributed by atoms with Crippen molar-refractivity contribution in [1.29, 1.82) is 0 Å². The van der Waals surface area contributed by atoms with E-state index in [0.717, 1.165) is 20.8 Å². The van der Waals surface area contributed by atoms with Gasteiger partial charge >= 0.3 is 0 Å². The number of hydrogen-bond donors (Lipinski definition) is 1. The van der Waals surface area contributed by atoms with Gasteiger partial charge in [0.15, 0.2) is 14.2 Å². The van der Waals surface area contributed by atoms with Gasteiger partial charge in [0.25, 0.3) is 0 Å². The first-order valence-electron chi connectivity index (χ1n) is 9.23. The first-order valence-corrected chi connectivity index (χ1v) is 12.9. The molecule has 6 nitrogen and oxygen atoms in total. The maximum Gasteiger partial charge on any atom is 0.234 e. The zero-order valence-electron chi connectivity index (χ0n) is 16.4. The van der Waals surface area contributed by atoms with Crippen molar-refractivity contribution in [2.45, 2.75) is 9.24 Å². The van der Waals surface area contributed by atoms with Crippen molar-refractivity contribution < 1.29 is 17.9 Å². The summed E-state index contributed by atoms with van der Waals surface area (Å²) in [6, 6.07) is 21.1. The molecule has 4 aromatic rings. The number of benzene rings is 3. The topological polar surface area (TPSA) is 85.4 Å². The van der Waals surface area contributed by atoms with E-state index in [9.17, 15) is 13.2 Å². The lowest BCUT2D eigenvalue weighted by Crippen LogP contribution is -2.13. The number of thioether (sulfide) groups is 1.